The summed E-state index contributed by atoms with van der Waals surface area (Å²) in [5.74, 6) is 0. The van der Waals surface area contributed by atoms with Crippen molar-refractivity contribution < 1.29 is 13.2 Å². The van der Waals surface area contributed by atoms with Crippen LogP contribution in [0.1, 0.15) is 18.1 Å². The van der Waals surface area contributed by atoms with Crippen LogP contribution >= 0.6 is 12.2 Å². The van der Waals surface area contributed by atoms with Crippen LogP contribution in [0.15, 0.2) is 18.2 Å². The van der Waals surface area contributed by atoms with Crippen LogP contribution in [0.3, 0.4) is 0 Å². The Labute approximate surface area is 103 Å². The van der Waals surface area contributed by atoms with Crippen molar-refractivity contribution in [3.8, 4) is 0 Å². The standard InChI is InChI=1S/C11H13F3N2S/c1-3-16(2)7-4-5-8(10(15)17)9(6-7)11(12,13)14/h4-6H,3H2,1-2H3,(H2,15,17). The SMILES string of the molecule is CCN(C)c1ccc(C(N)=S)c(C(F)(F)F)c1. The Kier molecular flexibility index (Phi) is 3.98. The van der Waals surface area contributed by atoms with Gasteiger partial charge in [-0.25, -0.2) is 0 Å². The van der Waals surface area contributed by atoms with Crippen molar-refractivity contribution in [1.82, 2.24) is 0 Å². The second-order valence-electron chi connectivity index (χ2n) is 3.61. The number of rotatable bonds is 3. The molecule has 0 radical (unpaired) electrons. The summed E-state index contributed by atoms with van der Waals surface area (Å²) in [7, 11) is 1.72. The zero-order valence-electron chi connectivity index (χ0n) is 9.51. The molecule has 0 aromatic heterocycles. The fraction of sp³-hybridized carbons (Fsp3) is 0.364. The van der Waals surface area contributed by atoms with Gasteiger partial charge in [0.1, 0.15) is 4.99 Å². The summed E-state index contributed by atoms with van der Waals surface area (Å²) >= 11 is 4.62. The Morgan fingerprint density at radius 1 is 1.41 bits per heavy atom. The lowest BCUT2D eigenvalue weighted by atomic mass is 10.1. The van der Waals surface area contributed by atoms with E-state index in [1.807, 2.05) is 6.92 Å². The van der Waals surface area contributed by atoms with Crippen LogP contribution in [-0.2, 0) is 6.18 Å². The molecular formula is C11H13F3N2S. The van der Waals surface area contributed by atoms with Gasteiger partial charge in [-0.1, -0.05) is 12.2 Å². The van der Waals surface area contributed by atoms with Crippen LogP contribution in [0.4, 0.5) is 18.9 Å². The number of hydrogen-bond acceptors (Lipinski definition) is 2. The average Bonchev–Trinajstić information content (AvgIpc) is 2.25. The molecule has 0 saturated carbocycles. The van der Waals surface area contributed by atoms with E-state index in [1.165, 1.54) is 6.07 Å². The Morgan fingerprint density at radius 3 is 2.41 bits per heavy atom. The third-order valence-electron chi connectivity index (χ3n) is 2.49. The monoisotopic (exact) mass is 262 g/mol. The van der Waals surface area contributed by atoms with E-state index in [1.54, 1.807) is 18.0 Å². The molecule has 6 heteroatoms. The summed E-state index contributed by atoms with van der Waals surface area (Å²) in [6, 6.07) is 3.96. The van der Waals surface area contributed by atoms with Gasteiger partial charge in [0.05, 0.1) is 5.56 Å². The minimum atomic E-state index is -4.46. The summed E-state index contributed by atoms with van der Waals surface area (Å²) in [4.78, 5) is 1.46. The van der Waals surface area contributed by atoms with E-state index in [9.17, 15) is 13.2 Å². The molecule has 0 heterocycles. The molecule has 1 aromatic rings. The highest BCUT2D eigenvalue weighted by molar-refractivity contribution is 7.80. The molecule has 2 nitrogen and oxygen atoms in total. The minimum Gasteiger partial charge on any atom is -0.389 e. The lowest BCUT2D eigenvalue weighted by Gasteiger charge is -2.20. The molecule has 17 heavy (non-hydrogen) atoms. The molecule has 0 aliphatic heterocycles. The van der Waals surface area contributed by atoms with Crippen LogP contribution in [0, 0.1) is 0 Å². The van der Waals surface area contributed by atoms with Crippen LogP contribution < -0.4 is 10.6 Å². The topological polar surface area (TPSA) is 29.3 Å². The van der Waals surface area contributed by atoms with Gasteiger partial charge in [-0.2, -0.15) is 13.2 Å². The van der Waals surface area contributed by atoms with Crippen molar-refractivity contribution in [1.29, 1.82) is 0 Å². The molecule has 0 aliphatic carbocycles. The number of nitrogens with zero attached hydrogens (tertiary/aromatic N) is 1. The summed E-state index contributed by atoms with van der Waals surface area (Å²) in [5.41, 5.74) is 4.85. The smallest absolute Gasteiger partial charge is 0.389 e. The molecule has 0 saturated heterocycles. The maximum absolute atomic E-state index is 12.8. The number of hydrogen-bond donors (Lipinski definition) is 1. The minimum absolute atomic E-state index is 0.138. The van der Waals surface area contributed by atoms with Crippen molar-refractivity contribution in [3.63, 3.8) is 0 Å². The van der Waals surface area contributed by atoms with Gasteiger partial charge in [-0.05, 0) is 25.1 Å². The van der Waals surface area contributed by atoms with Gasteiger partial charge < -0.3 is 10.6 Å². The molecular weight excluding hydrogens is 249 g/mol. The quantitative estimate of drug-likeness (QED) is 0.849. The lowest BCUT2D eigenvalue weighted by molar-refractivity contribution is -0.137. The molecule has 94 valence electrons. The molecule has 0 amide bonds. The number of nitrogens with two attached hydrogens (primary N) is 1. The van der Waals surface area contributed by atoms with E-state index >= 15 is 0 Å². The third-order valence-corrected chi connectivity index (χ3v) is 2.71. The van der Waals surface area contributed by atoms with Gasteiger partial charge in [-0.15, -0.1) is 0 Å². The van der Waals surface area contributed by atoms with E-state index in [-0.39, 0.29) is 10.6 Å². The highest BCUT2D eigenvalue weighted by Crippen LogP contribution is 2.34. The summed E-state index contributed by atoms with van der Waals surface area (Å²) in [5, 5.41) is 0. The highest BCUT2D eigenvalue weighted by Gasteiger charge is 2.34. The Hall–Kier alpha value is -1.30. The second kappa shape index (κ2) is 4.91. The molecule has 1 rings (SSSR count). The van der Waals surface area contributed by atoms with Gasteiger partial charge in [-0.3, -0.25) is 0 Å². The van der Waals surface area contributed by atoms with Crippen molar-refractivity contribution in [2.75, 3.05) is 18.5 Å². The molecule has 0 fully saturated rings. The molecule has 0 bridgehead atoms. The van der Waals surface area contributed by atoms with E-state index in [4.69, 9.17) is 5.73 Å². The van der Waals surface area contributed by atoms with Crippen molar-refractivity contribution in [2.45, 2.75) is 13.1 Å². The number of halogens is 3. The van der Waals surface area contributed by atoms with Gasteiger partial charge in [0.25, 0.3) is 0 Å². The third kappa shape index (κ3) is 3.09. The highest BCUT2D eigenvalue weighted by atomic mass is 32.1. The van der Waals surface area contributed by atoms with Crippen LogP contribution in [0.25, 0.3) is 0 Å². The maximum atomic E-state index is 12.8. The molecule has 1 aromatic carbocycles. The summed E-state index contributed by atoms with van der Waals surface area (Å²) in [6.45, 7) is 2.47. The molecule has 0 aliphatic rings. The number of benzene rings is 1. The fourth-order valence-electron chi connectivity index (χ4n) is 1.40. The van der Waals surface area contributed by atoms with Crippen molar-refractivity contribution >= 4 is 22.9 Å². The van der Waals surface area contributed by atoms with E-state index in [2.05, 4.69) is 12.2 Å². The Bertz CT molecular complexity index is 429. The van der Waals surface area contributed by atoms with Gasteiger partial charge in [0.2, 0.25) is 0 Å². The predicted molar refractivity (Wildman–Crippen MR) is 66.3 cm³/mol. The zero-order chi connectivity index (χ0) is 13.2. The van der Waals surface area contributed by atoms with E-state index < -0.39 is 11.7 Å². The summed E-state index contributed by atoms with van der Waals surface area (Å²) in [6.07, 6.45) is -4.46. The number of anilines is 1. The molecule has 2 N–H and O–H groups in total. The summed E-state index contributed by atoms with van der Waals surface area (Å²) < 4.78 is 38.5. The first-order valence-corrected chi connectivity index (χ1v) is 5.40. The molecule has 0 atom stereocenters. The van der Waals surface area contributed by atoms with Crippen LogP contribution in [-0.4, -0.2) is 18.6 Å². The van der Waals surface area contributed by atoms with E-state index in [0.717, 1.165) is 6.07 Å². The first-order valence-electron chi connectivity index (χ1n) is 4.99. The van der Waals surface area contributed by atoms with Crippen LogP contribution in [0.2, 0.25) is 0 Å². The van der Waals surface area contributed by atoms with Gasteiger partial charge in [0.15, 0.2) is 0 Å². The fourth-order valence-corrected chi connectivity index (χ4v) is 1.58. The van der Waals surface area contributed by atoms with E-state index in [0.29, 0.717) is 12.2 Å². The Morgan fingerprint density at radius 2 is 2.00 bits per heavy atom. The second-order valence-corrected chi connectivity index (χ2v) is 4.05. The maximum Gasteiger partial charge on any atom is 0.417 e. The first-order chi connectivity index (χ1) is 7.77. The Balaban J connectivity index is 3.35. The normalized spacial score (nSPS) is 11.4. The van der Waals surface area contributed by atoms with Crippen molar-refractivity contribution in [3.05, 3.63) is 29.3 Å². The van der Waals surface area contributed by atoms with Gasteiger partial charge in [0, 0.05) is 24.8 Å². The molecule has 0 spiro atoms. The molecule has 0 unspecified atom stereocenters. The largest absolute Gasteiger partial charge is 0.417 e. The van der Waals surface area contributed by atoms with Crippen molar-refractivity contribution in [2.24, 2.45) is 5.73 Å². The number of alkyl halides is 3. The predicted octanol–water partition coefficient (Wildman–Crippen LogP) is 2.80. The number of thiocarbonyl (C=S) groups is 1. The van der Waals surface area contributed by atoms with Crippen LogP contribution in [0.5, 0.6) is 0 Å². The first kappa shape index (κ1) is 13.8. The average molecular weight is 262 g/mol. The zero-order valence-corrected chi connectivity index (χ0v) is 10.3. The lowest BCUT2D eigenvalue weighted by Crippen LogP contribution is -2.21. The van der Waals surface area contributed by atoms with Gasteiger partial charge >= 0.3 is 6.18 Å².